The van der Waals surface area contributed by atoms with Gasteiger partial charge >= 0.3 is 5.97 Å². The lowest BCUT2D eigenvalue weighted by Crippen LogP contribution is -2.48. The smallest absolute Gasteiger partial charge is 0.316 e. The molecule has 2 aliphatic carbocycles. The molecular weight excluding hydrogens is 462 g/mol. The lowest BCUT2D eigenvalue weighted by atomic mass is 9.68. The lowest BCUT2D eigenvalue weighted by Gasteiger charge is -2.44. The van der Waals surface area contributed by atoms with E-state index in [0.29, 0.717) is 25.0 Å². The molecule has 0 bridgehead atoms. The molecule has 0 aliphatic heterocycles. The van der Waals surface area contributed by atoms with Gasteiger partial charge < -0.3 is 19.5 Å². The number of nitrogens with one attached hydrogen (secondary N) is 1. The van der Waals surface area contributed by atoms with E-state index in [1.165, 1.54) is 12.8 Å². The molecule has 0 amide bonds. The zero-order valence-corrected chi connectivity index (χ0v) is 22.3. The first-order chi connectivity index (χ1) is 18.2. The Morgan fingerprint density at radius 2 is 1.76 bits per heavy atom. The molecule has 2 unspecified atom stereocenters. The molecule has 0 saturated heterocycles. The molecule has 2 aliphatic rings. The summed E-state index contributed by atoms with van der Waals surface area (Å²) in [5.74, 6) is 1.58. The van der Waals surface area contributed by atoms with Gasteiger partial charge in [-0.2, -0.15) is 0 Å². The van der Waals surface area contributed by atoms with Crippen LogP contribution in [0.5, 0.6) is 5.75 Å². The van der Waals surface area contributed by atoms with E-state index in [4.69, 9.17) is 14.2 Å². The van der Waals surface area contributed by atoms with Crippen molar-refractivity contribution in [2.24, 2.45) is 11.8 Å². The minimum atomic E-state index is -0.499. The first-order valence-corrected chi connectivity index (χ1v) is 14.0. The van der Waals surface area contributed by atoms with Gasteiger partial charge in [0.05, 0.1) is 25.7 Å². The molecule has 2 aromatic rings. The van der Waals surface area contributed by atoms with Crippen molar-refractivity contribution < 1.29 is 19.0 Å². The number of allylic oxidation sites excluding steroid dienone is 1. The topological polar surface area (TPSA) is 56.8 Å². The molecule has 0 heterocycles. The van der Waals surface area contributed by atoms with Crippen LogP contribution in [-0.4, -0.2) is 38.9 Å². The Bertz CT molecular complexity index is 966. The average molecular weight is 506 g/mol. The molecule has 0 spiro atoms. The number of methoxy groups -OCH3 is 1. The number of rotatable bonds is 13. The van der Waals surface area contributed by atoms with Gasteiger partial charge in [-0.25, -0.2) is 0 Å². The summed E-state index contributed by atoms with van der Waals surface area (Å²) < 4.78 is 17.3. The van der Waals surface area contributed by atoms with Crippen molar-refractivity contribution in [3.8, 4) is 5.75 Å². The van der Waals surface area contributed by atoms with Crippen LogP contribution in [0.2, 0.25) is 0 Å². The summed E-state index contributed by atoms with van der Waals surface area (Å²) >= 11 is 0. The molecule has 2 fully saturated rings. The van der Waals surface area contributed by atoms with Crippen molar-refractivity contribution in [2.75, 3.05) is 26.8 Å². The van der Waals surface area contributed by atoms with E-state index in [1.54, 1.807) is 7.11 Å². The second kappa shape index (κ2) is 13.8. The monoisotopic (exact) mass is 505 g/mol. The number of hydrogen-bond acceptors (Lipinski definition) is 5. The fraction of sp³-hybridized carbons (Fsp3) is 0.531. The predicted molar refractivity (Wildman–Crippen MR) is 148 cm³/mol. The summed E-state index contributed by atoms with van der Waals surface area (Å²) in [4.78, 5) is 13.7. The highest BCUT2D eigenvalue weighted by atomic mass is 16.5. The van der Waals surface area contributed by atoms with Crippen LogP contribution >= 0.6 is 0 Å². The largest absolute Gasteiger partial charge is 0.497 e. The zero-order chi connectivity index (χ0) is 25.9. The Kier molecular flexibility index (Phi) is 10.2. The van der Waals surface area contributed by atoms with Crippen LogP contribution in [0.3, 0.4) is 0 Å². The molecule has 0 radical (unpaired) electrons. The van der Waals surface area contributed by atoms with Crippen LogP contribution in [0.15, 0.2) is 67.3 Å². The van der Waals surface area contributed by atoms with Gasteiger partial charge in [0.25, 0.3) is 0 Å². The number of carbonyl (C=O) groups excluding carboxylic acids is 1. The zero-order valence-electron chi connectivity index (χ0n) is 22.3. The van der Waals surface area contributed by atoms with Crippen LogP contribution < -0.4 is 10.1 Å². The number of carbonyl (C=O) groups is 1. The van der Waals surface area contributed by atoms with Crippen LogP contribution in [0, 0.1) is 11.8 Å². The molecule has 2 aromatic carbocycles. The summed E-state index contributed by atoms with van der Waals surface area (Å²) in [6.45, 7) is 6.94. The Morgan fingerprint density at radius 1 is 1.03 bits per heavy atom. The maximum absolute atomic E-state index is 13.7. The number of ether oxygens (including phenoxy) is 3. The summed E-state index contributed by atoms with van der Waals surface area (Å²) in [6.07, 6.45) is 10.2. The van der Waals surface area contributed by atoms with Gasteiger partial charge in [0.1, 0.15) is 11.9 Å². The number of benzene rings is 2. The molecule has 0 aromatic heterocycles. The average Bonchev–Trinajstić information content (AvgIpc) is 3.20. The van der Waals surface area contributed by atoms with Crippen LogP contribution in [0.25, 0.3) is 0 Å². The Morgan fingerprint density at radius 3 is 2.43 bits per heavy atom. The van der Waals surface area contributed by atoms with Gasteiger partial charge in [0, 0.05) is 12.5 Å². The Hall–Kier alpha value is -2.63. The van der Waals surface area contributed by atoms with Crippen LogP contribution in [-0.2, 0) is 26.3 Å². The second-order valence-electron chi connectivity index (χ2n) is 10.5. The number of esters is 1. The van der Waals surface area contributed by atoms with E-state index in [-0.39, 0.29) is 12.1 Å². The van der Waals surface area contributed by atoms with Crippen molar-refractivity contribution >= 4 is 5.97 Å². The molecule has 37 heavy (non-hydrogen) atoms. The molecule has 2 saturated carbocycles. The first-order valence-electron chi connectivity index (χ1n) is 14.0. The molecule has 3 atom stereocenters. The Labute approximate surface area is 222 Å². The van der Waals surface area contributed by atoms with Crippen LogP contribution in [0.1, 0.15) is 62.5 Å². The van der Waals surface area contributed by atoms with Crippen molar-refractivity contribution in [3.05, 3.63) is 78.4 Å². The minimum Gasteiger partial charge on any atom is -0.497 e. The van der Waals surface area contributed by atoms with Crippen molar-refractivity contribution in [3.63, 3.8) is 0 Å². The molecular formula is C32H43NO4. The third-order valence-electron chi connectivity index (χ3n) is 8.27. The molecule has 1 N–H and O–H groups in total. The van der Waals surface area contributed by atoms with E-state index in [1.807, 2.05) is 48.5 Å². The summed E-state index contributed by atoms with van der Waals surface area (Å²) in [6, 6.07) is 18.3. The molecule has 5 heteroatoms. The molecule has 4 rings (SSSR count). The SMILES string of the molecule is C=CC1C[C@H](OC(=O)C2(c3ccccc3)CCCCCC2)C1CCNCCOCc1ccc(OC)cc1. The van der Waals surface area contributed by atoms with Crippen molar-refractivity contribution in [1.82, 2.24) is 5.32 Å². The molecule has 5 nitrogen and oxygen atoms in total. The maximum Gasteiger partial charge on any atom is 0.316 e. The van der Waals surface area contributed by atoms with Gasteiger partial charge in [0.15, 0.2) is 0 Å². The van der Waals surface area contributed by atoms with Crippen molar-refractivity contribution in [1.29, 1.82) is 0 Å². The third-order valence-corrected chi connectivity index (χ3v) is 8.27. The second-order valence-corrected chi connectivity index (χ2v) is 10.5. The van der Waals surface area contributed by atoms with E-state index in [9.17, 15) is 4.79 Å². The first kappa shape index (κ1) is 27.4. The maximum atomic E-state index is 13.7. The fourth-order valence-electron chi connectivity index (χ4n) is 5.90. The van der Waals surface area contributed by atoms with Gasteiger partial charge in [0.2, 0.25) is 0 Å². The highest BCUT2D eigenvalue weighted by Gasteiger charge is 2.47. The van der Waals surface area contributed by atoms with E-state index in [2.05, 4.69) is 24.0 Å². The van der Waals surface area contributed by atoms with Gasteiger partial charge in [-0.15, -0.1) is 6.58 Å². The number of hydrogen-bond donors (Lipinski definition) is 1. The van der Waals surface area contributed by atoms with E-state index < -0.39 is 5.41 Å². The predicted octanol–water partition coefficient (Wildman–Crippen LogP) is 6.22. The highest BCUT2D eigenvalue weighted by molar-refractivity contribution is 5.83. The summed E-state index contributed by atoms with van der Waals surface area (Å²) in [5, 5.41) is 3.49. The lowest BCUT2D eigenvalue weighted by molar-refractivity contribution is -0.169. The van der Waals surface area contributed by atoms with E-state index in [0.717, 1.165) is 68.5 Å². The molecule has 200 valence electrons. The van der Waals surface area contributed by atoms with Gasteiger partial charge in [-0.05, 0) is 61.4 Å². The van der Waals surface area contributed by atoms with Crippen molar-refractivity contribution in [2.45, 2.75) is 69.5 Å². The van der Waals surface area contributed by atoms with Gasteiger partial charge in [-0.1, -0.05) is 74.2 Å². The quantitative estimate of drug-likeness (QED) is 0.152. The Balaban J connectivity index is 1.23. The fourth-order valence-corrected chi connectivity index (χ4v) is 5.90. The highest BCUT2D eigenvalue weighted by Crippen LogP contribution is 2.44. The summed E-state index contributed by atoms with van der Waals surface area (Å²) in [7, 11) is 1.67. The summed E-state index contributed by atoms with van der Waals surface area (Å²) in [5.41, 5.74) is 1.76. The standard InChI is InChI=1S/C32H43NO4/c1-3-26-23-30(29(26)17-20-33-21-22-36-24-25-13-15-28(35-2)16-14-25)37-31(34)32(18-9-4-5-10-19-32)27-11-7-6-8-12-27/h3,6-8,11-16,26,29-30,33H,1,4-5,9-10,17-24H2,2H3/t26?,29?,30-/m0/s1. The normalized spacial score (nSPS) is 22.9. The van der Waals surface area contributed by atoms with Crippen LogP contribution in [0.4, 0.5) is 0 Å². The third kappa shape index (κ3) is 7.03. The minimum absolute atomic E-state index is 0.0157. The van der Waals surface area contributed by atoms with E-state index >= 15 is 0 Å². The van der Waals surface area contributed by atoms with Gasteiger partial charge in [-0.3, -0.25) is 4.79 Å².